The average Bonchev–Trinajstić information content (AvgIpc) is 2.84. The second kappa shape index (κ2) is 5.05. The third-order valence-electron chi connectivity index (χ3n) is 2.19. The number of nitrogens with two attached hydrogens (primary N) is 1. The molecule has 0 saturated heterocycles. The van der Waals surface area contributed by atoms with E-state index in [0.717, 1.165) is 17.2 Å². The van der Waals surface area contributed by atoms with E-state index < -0.39 is 0 Å². The summed E-state index contributed by atoms with van der Waals surface area (Å²) in [7, 11) is 4.08. The first-order valence-corrected chi connectivity index (χ1v) is 6.81. The van der Waals surface area contributed by atoms with Gasteiger partial charge in [0.1, 0.15) is 5.01 Å². The van der Waals surface area contributed by atoms with Gasteiger partial charge in [0.05, 0.1) is 11.7 Å². The molecular formula is C11H15N3S2. The first-order chi connectivity index (χ1) is 7.66. The SMILES string of the molecule is CN(C)Cc1nc(C(N)c2cccs2)cs1. The Hall–Kier alpha value is -0.750. The van der Waals surface area contributed by atoms with Crippen molar-refractivity contribution in [3.05, 3.63) is 38.5 Å². The van der Waals surface area contributed by atoms with Crippen molar-refractivity contribution in [1.82, 2.24) is 9.88 Å². The minimum atomic E-state index is -0.0767. The molecule has 2 rings (SSSR count). The lowest BCUT2D eigenvalue weighted by Gasteiger charge is -2.07. The molecule has 5 heteroatoms. The molecule has 16 heavy (non-hydrogen) atoms. The highest BCUT2D eigenvalue weighted by atomic mass is 32.1. The van der Waals surface area contributed by atoms with Crippen LogP contribution in [0.4, 0.5) is 0 Å². The van der Waals surface area contributed by atoms with Crippen molar-refractivity contribution in [2.75, 3.05) is 14.1 Å². The Bertz CT molecular complexity index is 434. The van der Waals surface area contributed by atoms with Crippen LogP contribution in [0, 0.1) is 0 Å². The van der Waals surface area contributed by atoms with Crippen LogP contribution in [0.25, 0.3) is 0 Å². The van der Waals surface area contributed by atoms with Gasteiger partial charge in [-0.2, -0.15) is 0 Å². The Balaban J connectivity index is 2.12. The normalized spacial score (nSPS) is 13.2. The second-order valence-electron chi connectivity index (χ2n) is 3.90. The van der Waals surface area contributed by atoms with E-state index in [4.69, 9.17) is 5.73 Å². The molecule has 2 N–H and O–H groups in total. The summed E-state index contributed by atoms with van der Waals surface area (Å²) < 4.78 is 0. The van der Waals surface area contributed by atoms with Crippen molar-refractivity contribution < 1.29 is 0 Å². The summed E-state index contributed by atoms with van der Waals surface area (Å²) in [4.78, 5) is 7.84. The van der Waals surface area contributed by atoms with Gasteiger partial charge in [-0.1, -0.05) is 6.07 Å². The standard InChI is InChI=1S/C11H15N3S2/c1-14(2)6-10-13-8(7-16-10)11(12)9-4-3-5-15-9/h3-5,7,11H,6,12H2,1-2H3. The minimum absolute atomic E-state index is 0.0767. The summed E-state index contributed by atoms with van der Waals surface area (Å²) in [5, 5.41) is 5.22. The molecule has 0 aromatic carbocycles. The summed E-state index contributed by atoms with van der Waals surface area (Å²) >= 11 is 3.35. The number of hydrogen-bond donors (Lipinski definition) is 1. The van der Waals surface area contributed by atoms with Gasteiger partial charge in [-0.05, 0) is 25.5 Å². The van der Waals surface area contributed by atoms with Crippen LogP contribution in [-0.4, -0.2) is 24.0 Å². The van der Waals surface area contributed by atoms with E-state index >= 15 is 0 Å². The van der Waals surface area contributed by atoms with Gasteiger partial charge in [-0.15, -0.1) is 22.7 Å². The van der Waals surface area contributed by atoms with Crippen molar-refractivity contribution in [3.63, 3.8) is 0 Å². The largest absolute Gasteiger partial charge is 0.318 e. The van der Waals surface area contributed by atoms with Crippen molar-refractivity contribution >= 4 is 22.7 Å². The van der Waals surface area contributed by atoms with Gasteiger partial charge in [-0.25, -0.2) is 4.98 Å². The van der Waals surface area contributed by atoms with Crippen LogP contribution >= 0.6 is 22.7 Å². The Morgan fingerprint density at radius 3 is 2.88 bits per heavy atom. The van der Waals surface area contributed by atoms with Crippen molar-refractivity contribution in [2.45, 2.75) is 12.6 Å². The van der Waals surface area contributed by atoms with E-state index in [9.17, 15) is 0 Å². The first-order valence-electron chi connectivity index (χ1n) is 5.05. The number of hydrogen-bond acceptors (Lipinski definition) is 5. The van der Waals surface area contributed by atoms with E-state index in [0.29, 0.717) is 0 Å². The van der Waals surface area contributed by atoms with E-state index in [1.54, 1.807) is 22.7 Å². The monoisotopic (exact) mass is 253 g/mol. The fraction of sp³-hybridized carbons (Fsp3) is 0.364. The predicted molar refractivity (Wildman–Crippen MR) is 69.9 cm³/mol. The van der Waals surface area contributed by atoms with E-state index in [-0.39, 0.29) is 6.04 Å². The van der Waals surface area contributed by atoms with Crippen LogP contribution < -0.4 is 5.73 Å². The summed E-state index contributed by atoms with van der Waals surface area (Å²) in [5.74, 6) is 0. The minimum Gasteiger partial charge on any atom is -0.318 e. The molecule has 0 aliphatic rings. The van der Waals surface area contributed by atoms with Crippen LogP contribution in [-0.2, 0) is 6.54 Å². The molecule has 0 radical (unpaired) electrons. The molecular weight excluding hydrogens is 238 g/mol. The molecule has 0 spiro atoms. The molecule has 0 amide bonds. The number of nitrogens with zero attached hydrogens (tertiary/aromatic N) is 2. The zero-order valence-corrected chi connectivity index (χ0v) is 11.0. The summed E-state index contributed by atoms with van der Waals surface area (Å²) in [6, 6.07) is 4.00. The number of thiazole rings is 1. The molecule has 0 saturated carbocycles. The van der Waals surface area contributed by atoms with Crippen molar-refractivity contribution in [3.8, 4) is 0 Å². The lowest BCUT2D eigenvalue weighted by atomic mass is 10.2. The maximum absolute atomic E-state index is 6.15. The van der Waals surface area contributed by atoms with E-state index in [1.165, 1.54) is 4.88 Å². The van der Waals surface area contributed by atoms with Crippen LogP contribution in [0.3, 0.4) is 0 Å². The highest BCUT2D eigenvalue weighted by Crippen LogP contribution is 2.25. The molecule has 2 aromatic rings. The van der Waals surface area contributed by atoms with E-state index in [2.05, 4.69) is 21.3 Å². The maximum Gasteiger partial charge on any atom is 0.107 e. The fourth-order valence-electron chi connectivity index (χ4n) is 1.43. The molecule has 1 atom stereocenters. The molecule has 2 aromatic heterocycles. The lowest BCUT2D eigenvalue weighted by Crippen LogP contribution is -2.13. The molecule has 0 fully saturated rings. The second-order valence-corrected chi connectivity index (χ2v) is 5.82. The number of rotatable bonds is 4. The Morgan fingerprint density at radius 1 is 1.44 bits per heavy atom. The van der Waals surface area contributed by atoms with Crippen molar-refractivity contribution in [1.29, 1.82) is 0 Å². The predicted octanol–water partition coefficient (Wildman–Crippen LogP) is 2.31. The summed E-state index contributed by atoms with van der Waals surface area (Å²) in [5.41, 5.74) is 7.12. The van der Waals surface area contributed by atoms with Crippen molar-refractivity contribution in [2.24, 2.45) is 5.73 Å². The van der Waals surface area contributed by atoms with Gasteiger partial charge < -0.3 is 10.6 Å². The Labute approximate surface area is 104 Å². The molecule has 3 nitrogen and oxygen atoms in total. The van der Waals surface area contributed by atoms with E-state index in [1.807, 2.05) is 25.5 Å². The highest BCUT2D eigenvalue weighted by molar-refractivity contribution is 7.10. The van der Waals surface area contributed by atoms with Crippen LogP contribution in [0.2, 0.25) is 0 Å². The van der Waals surface area contributed by atoms with Gasteiger partial charge in [0, 0.05) is 16.8 Å². The van der Waals surface area contributed by atoms with Gasteiger partial charge in [0.2, 0.25) is 0 Å². The molecule has 0 bridgehead atoms. The number of thiophene rings is 1. The maximum atomic E-state index is 6.15. The zero-order valence-electron chi connectivity index (χ0n) is 9.38. The number of aromatic nitrogens is 1. The first kappa shape index (κ1) is 11.7. The lowest BCUT2D eigenvalue weighted by molar-refractivity contribution is 0.401. The van der Waals surface area contributed by atoms with Gasteiger partial charge in [-0.3, -0.25) is 0 Å². The third-order valence-corrected chi connectivity index (χ3v) is 4.00. The van der Waals surface area contributed by atoms with Crippen LogP contribution in [0.1, 0.15) is 21.6 Å². The highest BCUT2D eigenvalue weighted by Gasteiger charge is 2.13. The zero-order chi connectivity index (χ0) is 11.5. The quantitative estimate of drug-likeness (QED) is 0.909. The van der Waals surface area contributed by atoms with Gasteiger partial charge >= 0.3 is 0 Å². The molecule has 86 valence electrons. The smallest absolute Gasteiger partial charge is 0.107 e. The van der Waals surface area contributed by atoms with Gasteiger partial charge in [0.25, 0.3) is 0 Å². The summed E-state index contributed by atoms with van der Waals surface area (Å²) in [6.45, 7) is 0.877. The molecule has 1 unspecified atom stereocenters. The van der Waals surface area contributed by atoms with Crippen LogP contribution in [0.15, 0.2) is 22.9 Å². The Kier molecular flexibility index (Phi) is 3.70. The fourth-order valence-corrected chi connectivity index (χ4v) is 3.11. The topological polar surface area (TPSA) is 42.2 Å². The molecule has 0 aliphatic carbocycles. The summed E-state index contributed by atoms with van der Waals surface area (Å²) in [6.07, 6.45) is 0. The van der Waals surface area contributed by atoms with Gasteiger partial charge in [0.15, 0.2) is 0 Å². The average molecular weight is 253 g/mol. The Morgan fingerprint density at radius 2 is 2.25 bits per heavy atom. The third kappa shape index (κ3) is 2.68. The molecule has 2 heterocycles. The van der Waals surface area contributed by atoms with Crippen LogP contribution in [0.5, 0.6) is 0 Å². The molecule has 0 aliphatic heterocycles.